The molecule has 0 saturated carbocycles. The molecule has 0 aliphatic rings. The van der Waals surface area contributed by atoms with Crippen molar-refractivity contribution < 1.29 is 9.52 Å². The van der Waals surface area contributed by atoms with E-state index >= 15 is 0 Å². The fourth-order valence-corrected chi connectivity index (χ4v) is 2.65. The smallest absolute Gasteiger partial charge is 0.191 e. The van der Waals surface area contributed by atoms with Crippen LogP contribution >= 0.6 is 24.0 Å². The molecule has 0 amide bonds. The Morgan fingerprint density at radius 1 is 1.28 bits per heavy atom. The van der Waals surface area contributed by atoms with E-state index in [0.29, 0.717) is 23.8 Å². The summed E-state index contributed by atoms with van der Waals surface area (Å²) < 4.78 is 5.29. The van der Waals surface area contributed by atoms with E-state index in [1.807, 2.05) is 6.92 Å². The number of nitrogens with one attached hydrogen (secondary N) is 2. The van der Waals surface area contributed by atoms with Crippen LogP contribution in [-0.2, 0) is 5.60 Å². The van der Waals surface area contributed by atoms with Crippen molar-refractivity contribution in [2.24, 2.45) is 4.99 Å². The monoisotopic (exact) mass is 466 g/mol. The van der Waals surface area contributed by atoms with E-state index in [9.17, 15) is 5.11 Å². The van der Waals surface area contributed by atoms with Gasteiger partial charge in [-0.05, 0) is 53.7 Å². The lowest BCUT2D eigenvalue weighted by Gasteiger charge is -2.30. The predicted octanol–water partition coefficient (Wildman–Crippen LogP) is 2.78. The third-order valence-corrected chi connectivity index (χ3v) is 3.93. The number of hydrogen-bond donors (Lipinski definition) is 3. The van der Waals surface area contributed by atoms with Crippen LogP contribution in [0.3, 0.4) is 0 Å². The van der Waals surface area contributed by atoms with Gasteiger partial charge in [-0.25, -0.2) is 4.99 Å². The van der Waals surface area contributed by atoms with Crippen LogP contribution in [-0.4, -0.2) is 54.2 Å². The first-order valence-corrected chi connectivity index (χ1v) is 8.82. The minimum atomic E-state index is -1.12. The maximum absolute atomic E-state index is 10.5. The van der Waals surface area contributed by atoms with Crippen molar-refractivity contribution in [2.45, 2.75) is 59.2 Å². The molecule has 0 aromatic carbocycles. The summed E-state index contributed by atoms with van der Waals surface area (Å²) in [6.07, 6.45) is 1.56. The molecule has 1 atom stereocenters. The lowest BCUT2D eigenvalue weighted by molar-refractivity contribution is 0.0437. The molecule has 1 unspecified atom stereocenters. The Kier molecular flexibility index (Phi) is 11.4. The number of guanidine groups is 1. The van der Waals surface area contributed by atoms with Gasteiger partial charge >= 0.3 is 0 Å². The summed E-state index contributed by atoms with van der Waals surface area (Å²) in [7, 11) is 0. The number of aliphatic imine (C=N–C) groups is 1. The van der Waals surface area contributed by atoms with Crippen LogP contribution in [0.5, 0.6) is 0 Å². The fourth-order valence-electron chi connectivity index (χ4n) is 2.65. The Bertz CT molecular complexity index is 479. The van der Waals surface area contributed by atoms with Gasteiger partial charge in [-0.15, -0.1) is 24.0 Å². The summed E-state index contributed by atoms with van der Waals surface area (Å²) >= 11 is 0. The Balaban J connectivity index is 0.00000576. The zero-order valence-electron chi connectivity index (χ0n) is 16.4. The summed E-state index contributed by atoms with van der Waals surface area (Å²) in [6.45, 7) is 15.3. The highest BCUT2D eigenvalue weighted by atomic mass is 127. The average Bonchev–Trinajstić information content (AvgIpc) is 3.03. The molecule has 25 heavy (non-hydrogen) atoms. The van der Waals surface area contributed by atoms with E-state index in [1.165, 1.54) is 0 Å². The van der Waals surface area contributed by atoms with Gasteiger partial charge in [0.05, 0.1) is 12.8 Å². The van der Waals surface area contributed by atoms with E-state index in [0.717, 1.165) is 19.6 Å². The van der Waals surface area contributed by atoms with Gasteiger partial charge in [-0.3, -0.25) is 4.90 Å². The quantitative estimate of drug-likeness (QED) is 0.297. The SMILES string of the molecule is CCNC(=NCC(C)(O)c1ccco1)NCCN(C(C)C)C(C)C.I. The van der Waals surface area contributed by atoms with Crippen molar-refractivity contribution in [1.29, 1.82) is 0 Å². The van der Waals surface area contributed by atoms with E-state index in [2.05, 4.69) is 48.2 Å². The first-order valence-electron chi connectivity index (χ1n) is 8.82. The van der Waals surface area contributed by atoms with Gasteiger partial charge in [-0.1, -0.05) is 0 Å². The van der Waals surface area contributed by atoms with Gasteiger partial charge < -0.3 is 20.2 Å². The van der Waals surface area contributed by atoms with Crippen molar-refractivity contribution in [3.8, 4) is 0 Å². The number of nitrogens with zero attached hydrogens (tertiary/aromatic N) is 2. The molecule has 1 heterocycles. The highest BCUT2D eigenvalue weighted by molar-refractivity contribution is 14.0. The summed E-state index contributed by atoms with van der Waals surface area (Å²) in [5.41, 5.74) is -1.12. The van der Waals surface area contributed by atoms with Gasteiger partial charge in [0, 0.05) is 31.7 Å². The first-order chi connectivity index (χ1) is 11.3. The number of furan rings is 1. The molecule has 0 radical (unpaired) electrons. The minimum Gasteiger partial charge on any atom is -0.466 e. The van der Waals surface area contributed by atoms with Crippen molar-refractivity contribution >= 4 is 29.9 Å². The van der Waals surface area contributed by atoms with Crippen molar-refractivity contribution in [3.63, 3.8) is 0 Å². The first kappa shape index (κ1) is 24.2. The fraction of sp³-hybridized carbons (Fsp3) is 0.722. The molecule has 146 valence electrons. The highest BCUT2D eigenvalue weighted by Gasteiger charge is 2.26. The Hall–Kier alpha value is -0.800. The molecule has 0 aliphatic heterocycles. The molecular formula is C18H35IN4O2. The number of halogens is 1. The third kappa shape index (κ3) is 8.42. The van der Waals surface area contributed by atoms with Crippen LogP contribution in [0.2, 0.25) is 0 Å². The van der Waals surface area contributed by atoms with Gasteiger partial charge in [0.15, 0.2) is 5.96 Å². The van der Waals surface area contributed by atoms with Crippen LogP contribution in [0.25, 0.3) is 0 Å². The summed E-state index contributed by atoms with van der Waals surface area (Å²) in [5, 5.41) is 17.0. The topological polar surface area (TPSA) is 73.0 Å². The zero-order valence-corrected chi connectivity index (χ0v) is 18.7. The predicted molar refractivity (Wildman–Crippen MR) is 115 cm³/mol. The number of hydrogen-bond acceptors (Lipinski definition) is 4. The van der Waals surface area contributed by atoms with Crippen molar-refractivity contribution in [2.75, 3.05) is 26.2 Å². The minimum absolute atomic E-state index is 0. The highest BCUT2D eigenvalue weighted by Crippen LogP contribution is 2.20. The Morgan fingerprint density at radius 3 is 2.40 bits per heavy atom. The molecule has 6 nitrogen and oxygen atoms in total. The van der Waals surface area contributed by atoms with Gasteiger partial charge in [-0.2, -0.15) is 0 Å². The normalized spacial score (nSPS) is 14.6. The average molecular weight is 466 g/mol. The van der Waals surface area contributed by atoms with E-state index in [-0.39, 0.29) is 30.5 Å². The van der Waals surface area contributed by atoms with Crippen LogP contribution in [0.15, 0.2) is 27.8 Å². The molecule has 1 aromatic heterocycles. The Labute approximate surface area is 169 Å². The standard InChI is InChI=1S/C18H34N4O2.HI/c1-7-19-17(20-10-11-22(14(2)3)15(4)5)21-13-18(6,23)16-9-8-12-24-16;/h8-9,12,14-15,23H,7,10-11,13H2,1-6H3,(H2,19,20,21);1H. The maximum Gasteiger partial charge on any atom is 0.191 e. The van der Waals surface area contributed by atoms with Crippen LogP contribution in [0, 0.1) is 0 Å². The van der Waals surface area contributed by atoms with Crippen LogP contribution < -0.4 is 10.6 Å². The summed E-state index contributed by atoms with van der Waals surface area (Å²) in [4.78, 5) is 6.92. The number of aliphatic hydroxyl groups is 1. The molecule has 0 saturated heterocycles. The lowest BCUT2D eigenvalue weighted by Crippen LogP contribution is -2.45. The summed E-state index contributed by atoms with van der Waals surface area (Å²) in [5.74, 6) is 1.23. The molecule has 0 aliphatic carbocycles. The molecule has 0 fully saturated rings. The van der Waals surface area contributed by atoms with Crippen LogP contribution in [0.4, 0.5) is 0 Å². The van der Waals surface area contributed by atoms with Crippen molar-refractivity contribution in [3.05, 3.63) is 24.2 Å². The second kappa shape index (κ2) is 11.7. The molecule has 0 bridgehead atoms. The van der Waals surface area contributed by atoms with Crippen molar-refractivity contribution in [1.82, 2.24) is 15.5 Å². The van der Waals surface area contributed by atoms with E-state index < -0.39 is 5.60 Å². The zero-order chi connectivity index (χ0) is 18.2. The number of rotatable bonds is 9. The van der Waals surface area contributed by atoms with Gasteiger partial charge in [0.25, 0.3) is 0 Å². The largest absolute Gasteiger partial charge is 0.466 e. The molecule has 3 N–H and O–H groups in total. The molecule has 0 spiro atoms. The maximum atomic E-state index is 10.5. The second-order valence-electron chi connectivity index (χ2n) is 6.80. The Morgan fingerprint density at radius 2 is 1.92 bits per heavy atom. The van der Waals surface area contributed by atoms with E-state index in [1.54, 1.807) is 25.3 Å². The van der Waals surface area contributed by atoms with Gasteiger partial charge in [0.1, 0.15) is 11.4 Å². The molecule has 7 heteroatoms. The van der Waals surface area contributed by atoms with Crippen LogP contribution in [0.1, 0.15) is 47.3 Å². The molecule has 1 aromatic rings. The summed E-state index contributed by atoms with van der Waals surface area (Å²) in [6, 6.07) is 4.54. The van der Waals surface area contributed by atoms with Gasteiger partial charge in [0.2, 0.25) is 0 Å². The van der Waals surface area contributed by atoms with E-state index in [4.69, 9.17) is 4.42 Å². The third-order valence-electron chi connectivity index (χ3n) is 3.93. The lowest BCUT2D eigenvalue weighted by atomic mass is 10.0. The molecular weight excluding hydrogens is 431 g/mol. The second-order valence-corrected chi connectivity index (χ2v) is 6.80. The molecule has 1 rings (SSSR count).